The van der Waals surface area contributed by atoms with Crippen LogP contribution >= 0.6 is 35.7 Å². The molecule has 0 spiro atoms. The van der Waals surface area contributed by atoms with E-state index in [2.05, 4.69) is 46.4 Å². The van der Waals surface area contributed by atoms with Crippen LogP contribution in [0.3, 0.4) is 0 Å². The molecule has 3 heterocycles. The minimum absolute atomic E-state index is 0.0756. The molecule has 10 heteroatoms. The fourth-order valence-electron chi connectivity index (χ4n) is 4.64. The van der Waals surface area contributed by atoms with Crippen molar-refractivity contribution in [2.45, 2.75) is 38.8 Å². The normalized spacial score (nSPS) is 16.5. The number of benzene rings is 3. The molecule has 2 aromatic heterocycles. The highest BCUT2D eigenvalue weighted by atomic mass is 32.2. The fraction of sp³-hybridized carbons (Fsp3) is 0.0968. The van der Waals surface area contributed by atoms with E-state index >= 15 is 0 Å². The van der Waals surface area contributed by atoms with Crippen LogP contribution in [0.4, 0.5) is 11.4 Å². The smallest absolute Gasteiger partial charge is 0.269 e. The highest BCUT2D eigenvalue weighted by molar-refractivity contribution is 7.99. The summed E-state index contributed by atoms with van der Waals surface area (Å²) in [6.07, 6.45) is 1.78. The monoisotopic (exact) mass is 596 g/mol. The molecule has 1 N–H and O–H groups in total. The van der Waals surface area contributed by atoms with Gasteiger partial charge in [0.15, 0.2) is 10.2 Å². The highest BCUT2D eigenvalue weighted by Crippen LogP contribution is 2.44. The summed E-state index contributed by atoms with van der Waals surface area (Å²) in [6.45, 7) is 2.07. The van der Waals surface area contributed by atoms with Gasteiger partial charge in [-0.3, -0.25) is 15.1 Å². The van der Waals surface area contributed by atoms with Gasteiger partial charge in [-0.15, -0.1) is 0 Å². The van der Waals surface area contributed by atoms with Crippen LogP contribution in [0.2, 0.25) is 0 Å². The number of thiocarbonyl (C=S) groups is 1. The van der Waals surface area contributed by atoms with Crippen LogP contribution in [0.1, 0.15) is 29.1 Å². The number of aryl methyl sites for hydroxylation is 1. The minimum atomic E-state index is -0.395. The zero-order chi connectivity index (χ0) is 28.3. The lowest BCUT2D eigenvalue weighted by Crippen LogP contribution is -2.29. The summed E-state index contributed by atoms with van der Waals surface area (Å²) in [5.74, 6) is 0.784. The number of nitrogens with zero attached hydrogens (tertiary/aromatic N) is 3. The van der Waals surface area contributed by atoms with E-state index in [1.807, 2.05) is 54.6 Å². The van der Waals surface area contributed by atoms with Crippen LogP contribution in [0, 0.1) is 17.0 Å². The summed E-state index contributed by atoms with van der Waals surface area (Å²) in [4.78, 5) is 20.3. The van der Waals surface area contributed by atoms with Gasteiger partial charge >= 0.3 is 0 Å². The number of nitrogens with one attached hydrogen (secondary N) is 1. The average Bonchev–Trinajstić information content (AvgIpc) is 3.59. The Hall–Kier alpha value is -4.12. The van der Waals surface area contributed by atoms with E-state index in [9.17, 15) is 10.1 Å². The molecule has 1 aliphatic heterocycles. The van der Waals surface area contributed by atoms with Crippen LogP contribution in [-0.2, 0) is 0 Å². The fourth-order valence-corrected chi connectivity index (χ4v) is 6.58. The number of rotatable bonds is 8. The van der Waals surface area contributed by atoms with Gasteiger partial charge in [0.1, 0.15) is 11.8 Å². The Bertz CT molecular complexity index is 1680. The summed E-state index contributed by atoms with van der Waals surface area (Å²) in [5, 5.41) is 15.8. The second-order valence-electron chi connectivity index (χ2n) is 9.42. The van der Waals surface area contributed by atoms with Gasteiger partial charge in [0.25, 0.3) is 5.69 Å². The summed E-state index contributed by atoms with van der Waals surface area (Å²) in [7, 11) is 0. The van der Waals surface area contributed by atoms with E-state index in [1.54, 1.807) is 30.1 Å². The first-order valence-electron chi connectivity index (χ1n) is 12.8. The van der Waals surface area contributed by atoms with E-state index < -0.39 is 4.92 Å². The van der Waals surface area contributed by atoms with Crippen molar-refractivity contribution in [2.75, 3.05) is 4.90 Å². The van der Waals surface area contributed by atoms with E-state index in [0.717, 1.165) is 36.9 Å². The van der Waals surface area contributed by atoms with E-state index in [4.69, 9.17) is 16.6 Å². The number of aromatic nitrogens is 1. The maximum Gasteiger partial charge on any atom is 0.269 e. The van der Waals surface area contributed by atoms with Gasteiger partial charge in [0, 0.05) is 38.7 Å². The first kappa shape index (κ1) is 27.1. The van der Waals surface area contributed by atoms with Crippen molar-refractivity contribution in [3.05, 3.63) is 136 Å². The maximum absolute atomic E-state index is 11.0. The molecule has 0 amide bonds. The minimum Gasteiger partial charge on any atom is -0.452 e. The lowest BCUT2D eigenvalue weighted by atomic mass is 10.0. The number of anilines is 1. The molecule has 41 heavy (non-hydrogen) atoms. The Labute approximate surface area is 251 Å². The van der Waals surface area contributed by atoms with Crippen LogP contribution in [0.15, 0.2) is 134 Å². The molecule has 7 nitrogen and oxygen atoms in total. The molecular formula is C31H24N4O3S3. The predicted molar refractivity (Wildman–Crippen MR) is 166 cm³/mol. The van der Waals surface area contributed by atoms with Crippen molar-refractivity contribution in [3.8, 4) is 0 Å². The maximum atomic E-state index is 11.0. The molecule has 3 aromatic carbocycles. The SMILES string of the molecule is Cc1ccc(Sc2ccc([C@@H]3[C@@H](c4ccccn4)NC(=S)N3c3ccc(Sc4ccc([N+](=O)[O-])cc4)cc3)o2)cc1. The third-order valence-corrected chi connectivity index (χ3v) is 8.89. The molecule has 1 aliphatic rings. The predicted octanol–water partition coefficient (Wildman–Crippen LogP) is 8.37. The van der Waals surface area contributed by atoms with Gasteiger partial charge < -0.3 is 14.6 Å². The zero-order valence-corrected chi connectivity index (χ0v) is 24.3. The molecule has 6 rings (SSSR count). The lowest BCUT2D eigenvalue weighted by Gasteiger charge is -2.26. The zero-order valence-electron chi connectivity index (χ0n) is 21.8. The van der Waals surface area contributed by atoms with Crippen molar-refractivity contribution < 1.29 is 9.34 Å². The van der Waals surface area contributed by atoms with Crippen molar-refractivity contribution >= 4 is 52.2 Å². The molecule has 0 aliphatic carbocycles. The Kier molecular flexibility index (Phi) is 7.78. The van der Waals surface area contributed by atoms with E-state index in [0.29, 0.717) is 5.11 Å². The largest absolute Gasteiger partial charge is 0.452 e. The molecule has 0 bridgehead atoms. The van der Waals surface area contributed by atoms with Crippen LogP contribution in [-0.4, -0.2) is 15.0 Å². The van der Waals surface area contributed by atoms with Gasteiger partial charge in [-0.2, -0.15) is 0 Å². The summed E-state index contributed by atoms with van der Waals surface area (Å²) in [6, 6.07) is 32.4. The van der Waals surface area contributed by atoms with Crippen LogP contribution in [0.25, 0.3) is 0 Å². The third kappa shape index (κ3) is 6.00. The standard InChI is InChI=1S/C31H24N4O3S3/c1-20-5-11-25(12-6-20)41-28-18-17-27(38-28)30-29(26-4-2-3-19-32-26)33-31(39)34(30)21-7-13-23(14-8-21)40-24-15-9-22(10-16-24)35(36)37/h2-19,29-30H,1H3,(H,33,39)/t29-,30-/m1/s1. The molecule has 1 saturated heterocycles. The number of hydrogen-bond donors (Lipinski definition) is 1. The summed E-state index contributed by atoms with van der Waals surface area (Å²) >= 11 is 8.97. The van der Waals surface area contributed by atoms with Gasteiger partial charge in [0.05, 0.1) is 16.7 Å². The Morgan fingerprint density at radius 3 is 2.20 bits per heavy atom. The van der Waals surface area contributed by atoms with Gasteiger partial charge in [-0.25, -0.2) is 0 Å². The highest BCUT2D eigenvalue weighted by Gasteiger charge is 2.42. The number of pyridine rings is 1. The number of hydrogen-bond acceptors (Lipinski definition) is 7. The van der Waals surface area contributed by atoms with Gasteiger partial charge in [0.2, 0.25) is 0 Å². The van der Waals surface area contributed by atoms with Crippen LogP contribution < -0.4 is 10.2 Å². The van der Waals surface area contributed by atoms with Crippen LogP contribution in [0.5, 0.6) is 0 Å². The Balaban J connectivity index is 1.28. The molecule has 0 unspecified atom stereocenters. The Morgan fingerprint density at radius 2 is 1.54 bits per heavy atom. The lowest BCUT2D eigenvalue weighted by molar-refractivity contribution is -0.384. The first-order valence-corrected chi connectivity index (χ1v) is 14.9. The quantitative estimate of drug-likeness (QED) is 0.108. The molecular weight excluding hydrogens is 573 g/mol. The summed E-state index contributed by atoms with van der Waals surface area (Å²) in [5.41, 5.74) is 3.08. The number of furan rings is 1. The van der Waals surface area contributed by atoms with Gasteiger partial charge in [-0.1, -0.05) is 47.3 Å². The number of nitro benzene ring substituents is 1. The molecule has 5 aromatic rings. The Morgan fingerprint density at radius 1 is 0.878 bits per heavy atom. The summed E-state index contributed by atoms with van der Waals surface area (Å²) < 4.78 is 6.42. The molecule has 204 valence electrons. The van der Waals surface area contributed by atoms with Gasteiger partial charge in [-0.05, 0) is 91.9 Å². The van der Waals surface area contributed by atoms with Crippen molar-refractivity contribution in [3.63, 3.8) is 0 Å². The van der Waals surface area contributed by atoms with Crippen molar-refractivity contribution in [1.29, 1.82) is 0 Å². The van der Waals surface area contributed by atoms with E-state index in [1.165, 1.54) is 29.5 Å². The molecule has 2 atom stereocenters. The van der Waals surface area contributed by atoms with E-state index in [-0.39, 0.29) is 17.8 Å². The molecule has 1 fully saturated rings. The first-order chi connectivity index (χ1) is 19.9. The molecule has 0 saturated carbocycles. The average molecular weight is 597 g/mol. The number of non-ortho nitro benzene ring substituents is 1. The third-order valence-electron chi connectivity index (χ3n) is 6.63. The topological polar surface area (TPSA) is 84.4 Å². The molecule has 0 radical (unpaired) electrons. The second-order valence-corrected chi connectivity index (χ2v) is 12.0. The van der Waals surface area contributed by atoms with Crippen molar-refractivity contribution in [2.24, 2.45) is 0 Å². The number of nitro groups is 1. The van der Waals surface area contributed by atoms with Crippen molar-refractivity contribution in [1.82, 2.24) is 10.3 Å². The second kappa shape index (κ2) is 11.8.